The molecule has 3 aromatic rings. The van der Waals surface area contributed by atoms with Gasteiger partial charge in [-0.1, -0.05) is 0 Å². The van der Waals surface area contributed by atoms with E-state index in [2.05, 4.69) is 5.10 Å². The van der Waals surface area contributed by atoms with E-state index in [0.29, 0.717) is 12.0 Å². The monoisotopic (exact) mass is 489 g/mol. The molecule has 0 aliphatic rings. The van der Waals surface area contributed by atoms with E-state index < -0.39 is 16.0 Å². The number of benzene rings is 1. The molecule has 0 atom stereocenters. The molecule has 3 rings (SSSR count). The lowest BCUT2D eigenvalue weighted by atomic mass is 10.1. The number of nitrogens with zero attached hydrogens (tertiary/aromatic N) is 3. The molecule has 34 heavy (non-hydrogen) atoms. The van der Waals surface area contributed by atoms with Crippen LogP contribution in [0.3, 0.4) is 0 Å². The number of ether oxygens (including phenoxy) is 2. The summed E-state index contributed by atoms with van der Waals surface area (Å²) in [6.45, 7) is 3.60. The molecule has 0 N–H and O–H groups in total. The number of methoxy groups -OCH3 is 1. The van der Waals surface area contributed by atoms with Gasteiger partial charge in [-0.15, -0.1) is 0 Å². The van der Waals surface area contributed by atoms with Gasteiger partial charge in [0, 0.05) is 26.2 Å². The Labute approximate surface area is 198 Å². The molecular formula is C23H27N3O7S. The Kier molecular flexibility index (Phi) is 7.57. The van der Waals surface area contributed by atoms with Gasteiger partial charge in [-0.2, -0.15) is 5.10 Å². The number of hydrogen-bond acceptors (Lipinski definition) is 8. The molecule has 0 aliphatic heterocycles. The zero-order valence-electron chi connectivity index (χ0n) is 19.7. The summed E-state index contributed by atoms with van der Waals surface area (Å²) in [6, 6.07) is 9.50. The van der Waals surface area contributed by atoms with Crippen LogP contribution in [0, 0.1) is 13.8 Å². The van der Waals surface area contributed by atoms with Crippen LogP contribution in [-0.4, -0.2) is 55.6 Å². The third kappa shape index (κ3) is 5.37. The SMILES string of the molecule is COC(=O)CCc1c(C)nn(-c2ccc(C(=O)OCc3ccc(S(=O)(=O)N(C)C)o3)cc2)c1C. The molecule has 11 heteroatoms. The first-order chi connectivity index (χ1) is 16.0. The number of esters is 2. The summed E-state index contributed by atoms with van der Waals surface area (Å²) in [5, 5.41) is 4.33. The van der Waals surface area contributed by atoms with Crippen LogP contribution in [0.1, 0.15) is 39.5 Å². The van der Waals surface area contributed by atoms with Gasteiger partial charge in [-0.05, 0) is 62.2 Å². The quantitative estimate of drug-likeness (QED) is 0.421. The summed E-state index contributed by atoms with van der Waals surface area (Å²) in [5.74, 6) is -0.640. The molecule has 0 saturated heterocycles. The number of rotatable bonds is 9. The molecule has 2 heterocycles. The zero-order chi connectivity index (χ0) is 25.0. The Morgan fingerprint density at radius 1 is 1.09 bits per heavy atom. The molecule has 0 saturated carbocycles. The Morgan fingerprint density at radius 2 is 1.76 bits per heavy atom. The fourth-order valence-electron chi connectivity index (χ4n) is 3.33. The van der Waals surface area contributed by atoms with Crippen LogP contribution in [-0.2, 0) is 37.3 Å². The molecule has 0 radical (unpaired) electrons. The van der Waals surface area contributed by atoms with Crippen molar-refractivity contribution in [3.8, 4) is 5.69 Å². The summed E-state index contributed by atoms with van der Waals surface area (Å²) in [6.07, 6.45) is 0.798. The average Bonchev–Trinajstić information content (AvgIpc) is 3.40. The number of aryl methyl sites for hydroxylation is 1. The van der Waals surface area contributed by atoms with E-state index in [1.54, 1.807) is 28.9 Å². The number of carbonyl (C=O) groups excluding carboxylic acids is 2. The Balaban J connectivity index is 1.66. The van der Waals surface area contributed by atoms with E-state index in [4.69, 9.17) is 13.9 Å². The predicted octanol–water partition coefficient (Wildman–Crippen LogP) is 2.80. The fraction of sp³-hybridized carbons (Fsp3) is 0.348. The zero-order valence-corrected chi connectivity index (χ0v) is 20.5. The van der Waals surface area contributed by atoms with Gasteiger partial charge >= 0.3 is 11.9 Å². The minimum Gasteiger partial charge on any atom is -0.469 e. The highest BCUT2D eigenvalue weighted by molar-refractivity contribution is 7.88. The van der Waals surface area contributed by atoms with Gasteiger partial charge in [-0.3, -0.25) is 4.79 Å². The maximum absolute atomic E-state index is 12.4. The average molecular weight is 490 g/mol. The van der Waals surface area contributed by atoms with Gasteiger partial charge in [0.15, 0.2) is 0 Å². The van der Waals surface area contributed by atoms with E-state index in [9.17, 15) is 18.0 Å². The topological polar surface area (TPSA) is 121 Å². The molecule has 0 spiro atoms. The third-order valence-corrected chi connectivity index (χ3v) is 7.00. The maximum Gasteiger partial charge on any atom is 0.338 e. The Bertz CT molecular complexity index is 1290. The van der Waals surface area contributed by atoms with Gasteiger partial charge in [0.2, 0.25) is 5.09 Å². The molecule has 0 fully saturated rings. The van der Waals surface area contributed by atoms with Crippen LogP contribution in [0.2, 0.25) is 0 Å². The van der Waals surface area contributed by atoms with Gasteiger partial charge in [0.25, 0.3) is 10.0 Å². The molecule has 0 bridgehead atoms. The van der Waals surface area contributed by atoms with Gasteiger partial charge in [-0.25, -0.2) is 22.2 Å². The summed E-state index contributed by atoms with van der Waals surface area (Å²) < 4.78 is 42.2. The Morgan fingerprint density at radius 3 is 2.38 bits per heavy atom. The standard InChI is InChI=1S/C23H27N3O7S/c1-15-20(11-12-21(27)31-5)16(2)26(24-15)18-8-6-17(7-9-18)23(28)32-14-19-10-13-22(33-19)34(29,30)25(3)4/h6-10,13H,11-12,14H2,1-5H3. The molecule has 1 aromatic carbocycles. The summed E-state index contributed by atoms with van der Waals surface area (Å²) in [7, 11) is 0.462. The van der Waals surface area contributed by atoms with Crippen molar-refractivity contribution in [3.63, 3.8) is 0 Å². The van der Waals surface area contributed by atoms with Gasteiger partial charge in [0.1, 0.15) is 12.4 Å². The highest BCUT2D eigenvalue weighted by Gasteiger charge is 2.22. The smallest absolute Gasteiger partial charge is 0.338 e. The second kappa shape index (κ2) is 10.2. The molecular weight excluding hydrogens is 462 g/mol. The number of hydrogen-bond donors (Lipinski definition) is 0. The second-order valence-electron chi connectivity index (χ2n) is 7.77. The van der Waals surface area contributed by atoms with Crippen LogP contribution < -0.4 is 0 Å². The molecule has 182 valence electrons. The number of sulfonamides is 1. The minimum atomic E-state index is -3.70. The normalized spacial score (nSPS) is 11.6. The van der Waals surface area contributed by atoms with Crippen molar-refractivity contribution >= 4 is 22.0 Å². The lowest BCUT2D eigenvalue weighted by Gasteiger charge is -2.08. The van der Waals surface area contributed by atoms with Crippen LogP contribution >= 0.6 is 0 Å². The van der Waals surface area contributed by atoms with Crippen molar-refractivity contribution in [1.29, 1.82) is 0 Å². The van der Waals surface area contributed by atoms with E-state index in [0.717, 1.165) is 26.9 Å². The number of carbonyl (C=O) groups is 2. The summed E-state index contributed by atoms with van der Waals surface area (Å²) >= 11 is 0. The fourth-order valence-corrected chi connectivity index (χ4v) is 4.14. The van der Waals surface area contributed by atoms with E-state index >= 15 is 0 Å². The van der Waals surface area contributed by atoms with Gasteiger partial charge in [0.05, 0.1) is 24.1 Å². The first-order valence-corrected chi connectivity index (χ1v) is 11.9. The number of furan rings is 1. The summed E-state index contributed by atoms with van der Waals surface area (Å²) in [5.41, 5.74) is 3.77. The van der Waals surface area contributed by atoms with E-state index in [1.165, 1.54) is 33.3 Å². The highest BCUT2D eigenvalue weighted by atomic mass is 32.2. The third-order valence-electron chi connectivity index (χ3n) is 5.31. The maximum atomic E-state index is 12.4. The van der Waals surface area contributed by atoms with Crippen molar-refractivity contribution in [3.05, 3.63) is 64.7 Å². The van der Waals surface area contributed by atoms with E-state index in [1.807, 2.05) is 13.8 Å². The summed E-state index contributed by atoms with van der Waals surface area (Å²) in [4.78, 5) is 23.9. The molecule has 0 aliphatic carbocycles. The highest BCUT2D eigenvalue weighted by Crippen LogP contribution is 2.21. The predicted molar refractivity (Wildman–Crippen MR) is 122 cm³/mol. The van der Waals surface area contributed by atoms with Crippen LogP contribution in [0.5, 0.6) is 0 Å². The van der Waals surface area contributed by atoms with Crippen LogP contribution in [0.25, 0.3) is 5.69 Å². The largest absolute Gasteiger partial charge is 0.469 e. The lowest BCUT2D eigenvalue weighted by molar-refractivity contribution is -0.140. The van der Waals surface area contributed by atoms with E-state index in [-0.39, 0.29) is 29.8 Å². The molecule has 10 nitrogen and oxygen atoms in total. The van der Waals surface area contributed by atoms with Gasteiger partial charge < -0.3 is 13.9 Å². The first kappa shape index (κ1) is 25.2. The van der Waals surface area contributed by atoms with Crippen molar-refractivity contribution < 1.29 is 31.9 Å². The molecule has 0 unspecified atom stereocenters. The van der Waals surface area contributed by atoms with Crippen LogP contribution in [0.15, 0.2) is 45.9 Å². The van der Waals surface area contributed by atoms with Crippen molar-refractivity contribution in [2.45, 2.75) is 38.4 Å². The van der Waals surface area contributed by atoms with Crippen LogP contribution in [0.4, 0.5) is 0 Å². The van der Waals surface area contributed by atoms with Crippen molar-refractivity contribution in [2.75, 3.05) is 21.2 Å². The van der Waals surface area contributed by atoms with Crippen molar-refractivity contribution in [2.24, 2.45) is 0 Å². The number of aromatic nitrogens is 2. The first-order valence-electron chi connectivity index (χ1n) is 10.4. The lowest BCUT2D eigenvalue weighted by Crippen LogP contribution is -2.21. The molecule has 2 aromatic heterocycles. The minimum absolute atomic E-state index is 0.204. The molecule has 0 amide bonds. The second-order valence-corrected chi connectivity index (χ2v) is 9.85. The van der Waals surface area contributed by atoms with Crippen molar-refractivity contribution in [1.82, 2.24) is 14.1 Å². The Hall–Kier alpha value is -3.44.